The maximum Gasteiger partial charge on any atom is 0.240 e. The summed E-state index contributed by atoms with van der Waals surface area (Å²) in [5.41, 5.74) is -0.515. The van der Waals surface area contributed by atoms with Crippen LogP contribution in [0.2, 0.25) is 5.02 Å². The number of benzene rings is 1. The minimum absolute atomic E-state index is 0. The minimum Gasteiger partial charge on any atom is -0.383 e. The van der Waals surface area contributed by atoms with Crippen LogP contribution >= 0.6 is 35.6 Å². The number of aliphatic hydroxyl groups is 1. The normalized spacial score (nSPS) is 14.0. The van der Waals surface area contributed by atoms with E-state index in [1.165, 1.54) is 12.1 Å². The van der Waals surface area contributed by atoms with Gasteiger partial charge in [0.25, 0.3) is 0 Å². The molecule has 168 valence electrons. The van der Waals surface area contributed by atoms with Gasteiger partial charge in [-0.15, -0.1) is 24.0 Å². The Bertz CT molecular complexity index is 949. The third-order valence-corrected chi connectivity index (χ3v) is 5.73. The van der Waals surface area contributed by atoms with Gasteiger partial charge in [0.1, 0.15) is 5.60 Å². The molecular formula is C18H28ClIN6O3S. The quantitative estimate of drug-likeness (QED) is 0.157. The van der Waals surface area contributed by atoms with E-state index in [4.69, 9.17) is 11.6 Å². The highest BCUT2D eigenvalue weighted by Gasteiger charge is 2.24. The summed E-state index contributed by atoms with van der Waals surface area (Å²) in [5, 5.41) is 21.1. The summed E-state index contributed by atoms with van der Waals surface area (Å²) in [6, 6.07) is 6.07. The lowest BCUT2D eigenvalue weighted by molar-refractivity contribution is 0.0672. The fraction of sp³-hybridized carbons (Fsp3) is 0.444. The predicted molar refractivity (Wildman–Crippen MR) is 129 cm³/mol. The third-order valence-electron chi connectivity index (χ3n) is 4.03. The first-order chi connectivity index (χ1) is 13.6. The molecular weight excluding hydrogens is 543 g/mol. The van der Waals surface area contributed by atoms with E-state index in [2.05, 4.69) is 25.4 Å². The van der Waals surface area contributed by atoms with Crippen LogP contribution in [0.4, 0.5) is 0 Å². The number of aryl methyl sites for hydroxylation is 1. The van der Waals surface area contributed by atoms with Gasteiger partial charge in [-0.2, -0.15) is 5.10 Å². The number of nitrogens with zero attached hydrogens (tertiary/aromatic N) is 3. The van der Waals surface area contributed by atoms with Gasteiger partial charge < -0.3 is 15.7 Å². The molecule has 12 heteroatoms. The second-order valence-corrected chi connectivity index (χ2v) is 8.86. The molecule has 0 aliphatic carbocycles. The SMILES string of the molecule is CCNC(=NCC(C)(O)c1cnn(C)c1)NCCNS(=O)(=O)c1cccc(Cl)c1.I. The van der Waals surface area contributed by atoms with Gasteiger partial charge in [0.05, 0.1) is 17.6 Å². The lowest BCUT2D eigenvalue weighted by atomic mass is 10.0. The van der Waals surface area contributed by atoms with Crippen LogP contribution in [0.15, 0.2) is 46.5 Å². The van der Waals surface area contributed by atoms with Crippen molar-refractivity contribution in [2.24, 2.45) is 12.0 Å². The second kappa shape index (κ2) is 11.8. The number of rotatable bonds is 9. The first-order valence-corrected chi connectivity index (χ1v) is 11.0. The molecule has 0 spiro atoms. The van der Waals surface area contributed by atoms with E-state index >= 15 is 0 Å². The summed E-state index contributed by atoms with van der Waals surface area (Å²) in [6.45, 7) is 4.77. The smallest absolute Gasteiger partial charge is 0.240 e. The summed E-state index contributed by atoms with van der Waals surface area (Å²) in [4.78, 5) is 4.50. The number of halogens is 2. The van der Waals surface area contributed by atoms with Crippen molar-refractivity contribution < 1.29 is 13.5 Å². The number of guanidine groups is 1. The molecule has 0 aliphatic rings. The molecule has 9 nitrogen and oxygen atoms in total. The molecule has 0 saturated carbocycles. The molecule has 0 fully saturated rings. The van der Waals surface area contributed by atoms with Gasteiger partial charge in [-0.05, 0) is 32.0 Å². The molecule has 1 aromatic carbocycles. The Morgan fingerprint density at radius 3 is 2.67 bits per heavy atom. The van der Waals surface area contributed by atoms with Crippen LogP contribution in [0.1, 0.15) is 19.4 Å². The van der Waals surface area contributed by atoms with E-state index in [0.29, 0.717) is 29.6 Å². The standard InChI is InChI=1S/C18H27ClN6O3S.HI/c1-4-20-17(22-13-18(2,26)14-11-23-25(3)12-14)21-8-9-24-29(27,28)16-7-5-6-15(19)10-16;/h5-7,10-12,24,26H,4,8-9,13H2,1-3H3,(H2,20,21,22);1H. The maximum absolute atomic E-state index is 12.3. The van der Waals surface area contributed by atoms with E-state index in [1.54, 1.807) is 43.2 Å². The van der Waals surface area contributed by atoms with Crippen LogP contribution in [0.25, 0.3) is 0 Å². The molecule has 1 heterocycles. The monoisotopic (exact) mass is 570 g/mol. The highest BCUT2D eigenvalue weighted by atomic mass is 127. The number of aliphatic imine (C=N–C) groups is 1. The zero-order valence-electron chi connectivity index (χ0n) is 17.1. The lowest BCUT2D eigenvalue weighted by Gasteiger charge is -2.20. The summed E-state index contributed by atoms with van der Waals surface area (Å²) in [6.07, 6.45) is 3.33. The summed E-state index contributed by atoms with van der Waals surface area (Å²) < 4.78 is 28.7. The van der Waals surface area contributed by atoms with E-state index in [1.807, 2.05) is 6.92 Å². The van der Waals surface area contributed by atoms with E-state index in [0.717, 1.165) is 0 Å². The Morgan fingerprint density at radius 1 is 1.33 bits per heavy atom. The molecule has 2 rings (SSSR count). The summed E-state index contributed by atoms with van der Waals surface area (Å²) >= 11 is 5.85. The molecule has 1 atom stereocenters. The molecule has 1 unspecified atom stereocenters. The molecule has 0 aliphatic heterocycles. The fourth-order valence-electron chi connectivity index (χ4n) is 2.45. The van der Waals surface area contributed by atoms with Crippen molar-refractivity contribution in [2.75, 3.05) is 26.2 Å². The van der Waals surface area contributed by atoms with E-state index in [9.17, 15) is 13.5 Å². The van der Waals surface area contributed by atoms with Crippen LogP contribution in [0.3, 0.4) is 0 Å². The number of hydrogen-bond donors (Lipinski definition) is 4. The van der Waals surface area contributed by atoms with Gasteiger partial charge in [-0.1, -0.05) is 17.7 Å². The van der Waals surface area contributed by atoms with Crippen LogP contribution < -0.4 is 15.4 Å². The Hall–Kier alpha value is -1.41. The third kappa shape index (κ3) is 8.02. The Morgan fingerprint density at radius 2 is 2.07 bits per heavy atom. The predicted octanol–water partition coefficient (Wildman–Crippen LogP) is 1.43. The number of nitrogens with one attached hydrogen (secondary N) is 3. The molecule has 4 N–H and O–H groups in total. The molecule has 0 saturated heterocycles. The highest BCUT2D eigenvalue weighted by Crippen LogP contribution is 2.19. The van der Waals surface area contributed by atoms with Crippen LogP contribution in [0, 0.1) is 0 Å². The van der Waals surface area contributed by atoms with Crippen molar-refractivity contribution in [3.8, 4) is 0 Å². The van der Waals surface area contributed by atoms with E-state index in [-0.39, 0.29) is 42.0 Å². The van der Waals surface area contributed by atoms with Crippen molar-refractivity contribution in [3.63, 3.8) is 0 Å². The van der Waals surface area contributed by atoms with Gasteiger partial charge >= 0.3 is 0 Å². The Kier molecular flexibility index (Phi) is 10.5. The van der Waals surface area contributed by atoms with Crippen LogP contribution in [0.5, 0.6) is 0 Å². The first kappa shape index (κ1) is 26.6. The molecule has 30 heavy (non-hydrogen) atoms. The van der Waals surface area contributed by atoms with Crippen LogP contribution in [-0.4, -0.2) is 55.4 Å². The van der Waals surface area contributed by atoms with Gasteiger partial charge in [-0.25, -0.2) is 18.1 Å². The average Bonchev–Trinajstić information content (AvgIpc) is 3.10. The Balaban J connectivity index is 0.00000450. The molecule has 0 radical (unpaired) electrons. The largest absolute Gasteiger partial charge is 0.383 e. The molecule has 2 aromatic rings. The number of sulfonamides is 1. The van der Waals surface area contributed by atoms with E-state index < -0.39 is 15.6 Å². The number of hydrogen-bond acceptors (Lipinski definition) is 5. The maximum atomic E-state index is 12.3. The summed E-state index contributed by atoms with van der Waals surface area (Å²) in [7, 11) is -1.87. The zero-order valence-corrected chi connectivity index (χ0v) is 21.0. The summed E-state index contributed by atoms with van der Waals surface area (Å²) in [5.74, 6) is 0.471. The van der Waals surface area contributed by atoms with Crippen molar-refractivity contribution in [2.45, 2.75) is 24.3 Å². The van der Waals surface area contributed by atoms with Crippen molar-refractivity contribution in [1.82, 2.24) is 25.1 Å². The average molecular weight is 571 g/mol. The molecule has 1 aromatic heterocycles. The van der Waals surface area contributed by atoms with Gasteiger partial charge in [0.2, 0.25) is 10.0 Å². The van der Waals surface area contributed by atoms with Crippen LogP contribution in [-0.2, 0) is 22.7 Å². The van der Waals surface area contributed by atoms with Gasteiger partial charge in [0.15, 0.2) is 5.96 Å². The second-order valence-electron chi connectivity index (χ2n) is 6.65. The zero-order chi connectivity index (χ0) is 21.5. The first-order valence-electron chi connectivity index (χ1n) is 9.13. The topological polar surface area (TPSA) is 121 Å². The fourth-order valence-corrected chi connectivity index (χ4v) is 3.78. The number of aromatic nitrogens is 2. The van der Waals surface area contributed by atoms with Crippen molar-refractivity contribution in [3.05, 3.63) is 47.2 Å². The van der Waals surface area contributed by atoms with Gasteiger partial charge in [-0.3, -0.25) is 4.68 Å². The van der Waals surface area contributed by atoms with Crippen molar-refractivity contribution >= 4 is 51.6 Å². The molecule has 0 amide bonds. The lowest BCUT2D eigenvalue weighted by Crippen LogP contribution is -2.42. The van der Waals surface area contributed by atoms with Crippen molar-refractivity contribution in [1.29, 1.82) is 0 Å². The minimum atomic E-state index is -3.65. The van der Waals surface area contributed by atoms with Gasteiger partial charge in [0, 0.05) is 43.5 Å². The molecule has 0 bridgehead atoms. The highest BCUT2D eigenvalue weighted by molar-refractivity contribution is 14.0. The Labute approximate surface area is 199 Å².